The van der Waals surface area contributed by atoms with Crippen LogP contribution in [0, 0.1) is 5.82 Å². The first kappa shape index (κ1) is 27.9. The van der Waals surface area contributed by atoms with E-state index in [0.29, 0.717) is 17.7 Å². The molecule has 3 rings (SSSR count). The number of hydrogen-bond donors (Lipinski definition) is 1. The fraction of sp³-hybridized carbons (Fsp3) is 0.286. The lowest BCUT2D eigenvalue weighted by Crippen LogP contribution is -2.53. The number of halogens is 1. The molecule has 0 saturated carbocycles. The first-order chi connectivity index (χ1) is 17.6. The summed E-state index contributed by atoms with van der Waals surface area (Å²) >= 11 is 0. The number of rotatable bonds is 11. The summed E-state index contributed by atoms with van der Waals surface area (Å²) in [7, 11) is -2.35. The van der Waals surface area contributed by atoms with E-state index in [0.717, 1.165) is 21.7 Å². The molecule has 2 amide bonds. The minimum atomic E-state index is -3.83. The first-order valence-electron chi connectivity index (χ1n) is 12.0. The quantitative estimate of drug-likeness (QED) is 0.415. The highest BCUT2D eigenvalue weighted by Gasteiger charge is 2.33. The number of carbonyl (C=O) groups is 2. The third-order valence-electron chi connectivity index (χ3n) is 6.10. The molecule has 0 radical (unpaired) electrons. The minimum Gasteiger partial charge on any atom is -0.357 e. The molecular weight excluding hydrogens is 493 g/mol. The molecule has 196 valence electrons. The van der Waals surface area contributed by atoms with Crippen LogP contribution >= 0.6 is 0 Å². The Labute approximate surface area is 218 Å². The summed E-state index contributed by atoms with van der Waals surface area (Å²) < 4.78 is 40.3. The molecule has 0 unspecified atom stereocenters. The molecule has 9 heteroatoms. The lowest BCUT2D eigenvalue weighted by Gasteiger charge is -2.33. The predicted octanol–water partition coefficient (Wildman–Crippen LogP) is 3.54. The van der Waals surface area contributed by atoms with E-state index in [1.54, 1.807) is 24.3 Å². The highest BCUT2D eigenvalue weighted by molar-refractivity contribution is 7.92. The maximum absolute atomic E-state index is 13.9. The van der Waals surface area contributed by atoms with Crippen LogP contribution in [-0.4, -0.2) is 51.0 Å². The second-order valence-electron chi connectivity index (χ2n) is 8.72. The summed E-state index contributed by atoms with van der Waals surface area (Å²) in [5.74, 6) is -1.36. The third-order valence-corrected chi connectivity index (χ3v) is 7.23. The Morgan fingerprint density at radius 3 is 2.14 bits per heavy atom. The van der Waals surface area contributed by atoms with Crippen molar-refractivity contribution in [2.24, 2.45) is 0 Å². The van der Waals surface area contributed by atoms with Gasteiger partial charge in [0.15, 0.2) is 0 Å². The van der Waals surface area contributed by atoms with Gasteiger partial charge < -0.3 is 10.2 Å². The maximum atomic E-state index is 13.9. The van der Waals surface area contributed by atoms with E-state index < -0.39 is 34.3 Å². The molecule has 3 aromatic rings. The zero-order valence-corrected chi connectivity index (χ0v) is 22.0. The molecule has 0 heterocycles. The fourth-order valence-corrected chi connectivity index (χ4v) is 5.04. The van der Waals surface area contributed by atoms with Crippen LogP contribution in [0.4, 0.5) is 10.1 Å². The van der Waals surface area contributed by atoms with Crippen molar-refractivity contribution in [2.75, 3.05) is 24.2 Å². The number of para-hydroxylation sites is 1. The Morgan fingerprint density at radius 1 is 0.919 bits per heavy atom. The molecule has 3 aromatic carbocycles. The molecule has 0 saturated heterocycles. The molecule has 1 atom stereocenters. The average molecular weight is 526 g/mol. The Kier molecular flexibility index (Phi) is 9.41. The number of aryl methyl sites for hydroxylation is 1. The lowest BCUT2D eigenvalue weighted by molar-refractivity contribution is -0.139. The largest absolute Gasteiger partial charge is 0.357 e. The van der Waals surface area contributed by atoms with Crippen LogP contribution in [-0.2, 0) is 39.0 Å². The van der Waals surface area contributed by atoms with E-state index in [1.807, 2.05) is 49.4 Å². The Hall–Kier alpha value is -3.72. The second kappa shape index (κ2) is 12.5. The van der Waals surface area contributed by atoms with E-state index >= 15 is 0 Å². The van der Waals surface area contributed by atoms with Crippen LogP contribution in [0.3, 0.4) is 0 Å². The summed E-state index contributed by atoms with van der Waals surface area (Å²) in [5, 5.41) is 2.62. The number of amides is 2. The topological polar surface area (TPSA) is 86.8 Å². The van der Waals surface area contributed by atoms with Gasteiger partial charge in [0.2, 0.25) is 21.8 Å². The number of carbonyl (C=O) groups excluding carboxylic acids is 2. The molecule has 0 fully saturated rings. The minimum absolute atomic E-state index is 0.00292. The zero-order valence-electron chi connectivity index (χ0n) is 21.2. The number of sulfonamides is 1. The van der Waals surface area contributed by atoms with Gasteiger partial charge in [0.05, 0.1) is 11.9 Å². The van der Waals surface area contributed by atoms with Crippen LogP contribution < -0.4 is 9.62 Å². The Balaban J connectivity index is 2.04. The van der Waals surface area contributed by atoms with E-state index in [1.165, 1.54) is 24.1 Å². The normalized spacial score (nSPS) is 12.0. The molecule has 0 aliphatic heterocycles. The zero-order chi connectivity index (χ0) is 27.0. The summed E-state index contributed by atoms with van der Waals surface area (Å²) in [5.41, 5.74) is 2.64. The monoisotopic (exact) mass is 525 g/mol. The highest BCUT2D eigenvalue weighted by Crippen LogP contribution is 2.24. The number of nitrogens with one attached hydrogen (secondary N) is 1. The van der Waals surface area contributed by atoms with E-state index in [9.17, 15) is 22.4 Å². The molecule has 7 nitrogen and oxygen atoms in total. The molecule has 0 aliphatic carbocycles. The average Bonchev–Trinajstić information content (AvgIpc) is 2.89. The smallest absolute Gasteiger partial charge is 0.244 e. The van der Waals surface area contributed by atoms with Gasteiger partial charge in [-0.15, -0.1) is 0 Å². The number of likely N-dealkylation sites (N-methyl/N-ethyl adjacent to an activating group) is 1. The highest BCUT2D eigenvalue weighted by atomic mass is 32.2. The van der Waals surface area contributed by atoms with Gasteiger partial charge in [-0.25, -0.2) is 12.8 Å². The predicted molar refractivity (Wildman–Crippen MR) is 143 cm³/mol. The van der Waals surface area contributed by atoms with Gasteiger partial charge >= 0.3 is 0 Å². The van der Waals surface area contributed by atoms with Gasteiger partial charge in [-0.3, -0.25) is 13.9 Å². The third kappa shape index (κ3) is 7.39. The summed E-state index contributed by atoms with van der Waals surface area (Å²) in [6.45, 7) is 1.42. The first-order valence-corrected chi connectivity index (χ1v) is 13.8. The summed E-state index contributed by atoms with van der Waals surface area (Å²) in [6.07, 6.45) is 1.85. The van der Waals surface area contributed by atoms with Gasteiger partial charge in [-0.1, -0.05) is 67.6 Å². The molecule has 0 aliphatic rings. The molecule has 1 N–H and O–H groups in total. The van der Waals surface area contributed by atoms with Crippen LogP contribution in [0.1, 0.15) is 23.6 Å². The number of hydrogen-bond acceptors (Lipinski definition) is 4. The summed E-state index contributed by atoms with van der Waals surface area (Å²) in [4.78, 5) is 28.3. The van der Waals surface area contributed by atoms with Crippen molar-refractivity contribution in [3.8, 4) is 0 Å². The van der Waals surface area contributed by atoms with Crippen molar-refractivity contribution < 1.29 is 22.4 Å². The molecular formula is C28H32FN3O4S. The number of nitrogens with zero attached hydrogens (tertiary/aromatic N) is 2. The van der Waals surface area contributed by atoms with E-state index in [2.05, 4.69) is 5.32 Å². The number of anilines is 1. The van der Waals surface area contributed by atoms with Gasteiger partial charge in [0.25, 0.3) is 0 Å². The standard InChI is InChI=1S/C28H32FN3O4S/c1-4-23-12-8-9-13-25(23)32(37(3,35)36)20-27(33)31(19-22-14-16-24(29)17-15-22)26(28(34)30-2)18-21-10-6-5-7-11-21/h5-17,26H,4,18-20H2,1-3H3,(H,30,34)/t26-/m0/s1. The SMILES string of the molecule is CCc1ccccc1N(CC(=O)N(Cc1ccc(F)cc1)[C@@H](Cc1ccccc1)C(=O)NC)S(C)(=O)=O. The lowest BCUT2D eigenvalue weighted by atomic mass is 10.0. The van der Waals surface area contributed by atoms with Gasteiger partial charge in [-0.2, -0.15) is 0 Å². The van der Waals surface area contributed by atoms with Gasteiger partial charge in [0.1, 0.15) is 18.4 Å². The molecule has 0 bridgehead atoms. The van der Waals surface area contributed by atoms with Crippen molar-refractivity contribution in [2.45, 2.75) is 32.4 Å². The van der Waals surface area contributed by atoms with Crippen LogP contribution in [0.5, 0.6) is 0 Å². The van der Waals surface area contributed by atoms with Crippen molar-refractivity contribution in [3.63, 3.8) is 0 Å². The Morgan fingerprint density at radius 2 is 1.54 bits per heavy atom. The van der Waals surface area contributed by atoms with E-state index in [4.69, 9.17) is 0 Å². The second-order valence-corrected chi connectivity index (χ2v) is 10.6. The Bertz CT molecular complexity index is 1310. The number of benzene rings is 3. The van der Waals surface area contributed by atoms with Gasteiger partial charge in [0, 0.05) is 20.0 Å². The van der Waals surface area contributed by atoms with Crippen molar-refractivity contribution >= 4 is 27.5 Å². The molecule has 0 aromatic heterocycles. The van der Waals surface area contributed by atoms with Crippen molar-refractivity contribution in [1.29, 1.82) is 0 Å². The van der Waals surface area contributed by atoms with Crippen LogP contribution in [0.25, 0.3) is 0 Å². The van der Waals surface area contributed by atoms with Gasteiger partial charge in [-0.05, 0) is 41.3 Å². The maximum Gasteiger partial charge on any atom is 0.244 e. The summed E-state index contributed by atoms with van der Waals surface area (Å²) in [6, 6.07) is 21.0. The molecule has 37 heavy (non-hydrogen) atoms. The van der Waals surface area contributed by atoms with Crippen molar-refractivity contribution in [1.82, 2.24) is 10.2 Å². The fourth-order valence-electron chi connectivity index (χ4n) is 4.15. The van der Waals surface area contributed by atoms with Crippen molar-refractivity contribution in [3.05, 3.63) is 101 Å². The van der Waals surface area contributed by atoms with Crippen LogP contribution in [0.15, 0.2) is 78.9 Å². The molecule has 0 spiro atoms. The van der Waals surface area contributed by atoms with Crippen LogP contribution in [0.2, 0.25) is 0 Å². The van der Waals surface area contributed by atoms with E-state index in [-0.39, 0.29) is 18.9 Å².